The topological polar surface area (TPSA) is 67.8 Å². The molecule has 4 N–H and O–H groups in total. The molecule has 0 amide bonds. The van der Waals surface area contributed by atoms with Crippen LogP contribution in [-0.4, -0.2) is 81.0 Å². The maximum absolute atomic E-state index is 10.5. The van der Waals surface area contributed by atoms with Crippen LogP contribution in [0.5, 0.6) is 5.75 Å². The van der Waals surface area contributed by atoms with E-state index in [1.807, 2.05) is 19.9 Å². The number of hydrogen-bond donors (Lipinski definition) is 4. The second-order valence-corrected chi connectivity index (χ2v) is 10.2. The Balaban J connectivity index is 1.74. The minimum absolute atomic E-state index is 0.00142. The molecule has 0 radical (unpaired) electrons. The highest BCUT2D eigenvalue weighted by atomic mass is 16.5. The molecule has 1 heterocycles. The quantitative estimate of drug-likeness (QED) is 0.413. The molecular formula is C24H44N2O4+2. The molecule has 1 aliphatic rings. The van der Waals surface area contributed by atoms with Gasteiger partial charge in [0.1, 0.15) is 63.8 Å². The van der Waals surface area contributed by atoms with Gasteiger partial charge in [0.05, 0.1) is 12.7 Å². The van der Waals surface area contributed by atoms with E-state index in [1.165, 1.54) is 20.9 Å². The van der Waals surface area contributed by atoms with Crippen LogP contribution in [0.3, 0.4) is 0 Å². The molecule has 172 valence electrons. The molecule has 0 aliphatic carbocycles. The van der Waals surface area contributed by atoms with Crippen molar-refractivity contribution in [3.8, 4) is 5.75 Å². The third-order valence-electron chi connectivity index (χ3n) is 5.71. The van der Waals surface area contributed by atoms with Crippen LogP contribution in [0, 0.1) is 6.92 Å². The van der Waals surface area contributed by atoms with Gasteiger partial charge >= 0.3 is 0 Å². The first-order valence-electron chi connectivity index (χ1n) is 11.4. The van der Waals surface area contributed by atoms with Gasteiger partial charge in [-0.15, -0.1) is 0 Å². The van der Waals surface area contributed by atoms with E-state index in [0.29, 0.717) is 19.8 Å². The lowest BCUT2D eigenvalue weighted by Crippen LogP contribution is -3.29. The van der Waals surface area contributed by atoms with Gasteiger partial charge in [-0.3, -0.25) is 0 Å². The van der Waals surface area contributed by atoms with Crippen LogP contribution in [0.25, 0.3) is 0 Å². The van der Waals surface area contributed by atoms with Crippen molar-refractivity contribution < 1.29 is 29.5 Å². The Morgan fingerprint density at radius 2 is 1.47 bits per heavy atom. The third-order valence-corrected chi connectivity index (χ3v) is 5.71. The summed E-state index contributed by atoms with van der Waals surface area (Å²) in [5, 5.41) is 20.7. The molecule has 1 fully saturated rings. The van der Waals surface area contributed by atoms with Gasteiger partial charge in [0, 0.05) is 0 Å². The number of aryl methyl sites for hydroxylation is 1. The van der Waals surface area contributed by atoms with Crippen LogP contribution in [0.15, 0.2) is 18.2 Å². The normalized spacial score (nSPS) is 22.2. The number of ether oxygens (including phenoxy) is 2. The van der Waals surface area contributed by atoms with E-state index in [2.05, 4.69) is 39.8 Å². The first kappa shape index (κ1) is 25.1. The number of aliphatic hydroxyl groups is 2. The first-order chi connectivity index (χ1) is 14.0. The standard InChI is InChI=1S/C24H42N2O4/c1-18(2)29-16-20(27)14-25-9-11-26(12-10-25)15-21(28)17-30-23-8-7-19(3)13-22(23)24(4,5)6/h7-8,13,18,20-21,27-28H,9-12,14-17H2,1-6H3/p+2/t20-,21-/m0/s1. The molecule has 2 atom stereocenters. The van der Waals surface area contributed by atoms with Crippen molar-refractivity contribution >= 4 is 0 Å². The van der Waals surface area contributed by atoms with Gasteiger partial charge in [0.15, 0.2) is 0 Å². The Kier molecular flexibility index (Phi) is 9.57. The molecular weight excluding hydrogens is 380 g/mol. The van der Waals surface area contributed by atoms with Crippen LogP contribution in [0.2, 0.25) is 0 Å². The lowest BCUT2D eigenvalue weighted by Gasteiger charge is -2.32. The molecule has 1 aromatic carbocycles. The number of benzene rings is 1. The van der Waals surface area contributed by atoms with Crippen molar-refractivity contribution in [1.29, 1.82) is 0 Å². The fraction of sp³-hybridized carbons (Fsp3) is 0.750. The largest absolute Gasteiger partial charge is 0.490 e. The monoisotopic (exact) mass is 424 g/mol. The van der Waals surface area contributed by atoms with Crippen molar-refractivity contribution in [2.45, 2.75) is 65.3 Å². The molecule has 6 heteroatoms. The second-order valence-electron chi connectivity index (χ2n) is 10.2. The van der Waals surface area contributed by atoms with Crippen LogP contribution >= 0.6 is 0 Å². The first-order valence-corrected chi connectivity index (χ1v) is 11.4. The molecule has 1 aromatic rings. The Morgan fingerprint density at radius 1 is 0.933 bits per heavy atom. The molecule has 1 saturated heterocycles. The number of quaternary nitrogens is 2. The number of nitrogens with one attached hydrogen (secondary N) is 2. The highest BCUT2D eigenvalue weighted by Gasteiger charge is 2.27. The molecule has 1 aliphatic heterocycles. The summed E-state index contributed by atoms with van der Waals surface area (Å²) in [7, 11) is 0. The Labute approximate surface area is 182 Å². The van der Waals surface area contributed by atoms with Crippen LogP contribution in [-0.2, 0) is 10.2 Å². The number of rotatable bonds is 10. The van der Waals surface area contributed by atoms with E-state index in [9.17, 15) is 10.2 Å². The van der Waals surface area contributed by atoms with Crippen LogP contribution < -0.4 is 14.5 Å². The van der Waals surface area contributed by atoms with Gasteiger partial charge < -0.3 is 29.5 Å². The maximum atomic E-state index is 10.5. The molecule has 0 saturated carbocycles. The van der Waals surface area contributed by atoms with Crippen LogP contribution in [0.1, 0.15) is 45.7 Å². The van der Waals surface area contributed by atoms with E-state index in [-0.39, 0.29) is 11.5 Å². The zero-order valence-electron chi connectivity index (χ0n) is 19.8. The summed E-state index contributed by atoms with van der Waals surface area (Å²) in [5.41, 5.74) is 2.40. The van der Waals surface area contributed by atoms with Gasteiger partial charge in [0.2, 0.25) is 0 Å². The second kappa shape index (κ2) is 11.4. The highest BCUT2D eigenvalue weighted by Crippen LogP contribution is 2.32. The number of piperazine rings is 1. The number of aliphatic hydroxyl groups excluding tert-OH is 2. The van der Waals surface area contributed by atoms with Gasteiger partial charge in [0.25, 0.3) is 0 Å². The summed E-state index contributed by atoms with van der Waals surface area (Å²) in [6.07, 6.45) is -0.741. The smallest absolute Gasteiger partial charge is 0.137 e. The summed E-state index contributed by atoms with van der Waals surface area (Å²) in [6.45, 7) is 18.8. The summed E-state index contributed by atoms with van der Waals surface area (Å²) < 4.78 is 11.5. The minimum atomic E-state index is -0.485. The SMILES string of the molecule is Cc1ccc(OC[C@@H](O)C[NH+]2CC[NH+](C[C@H](O)COC(C)C)CC2)c(C(C)(C)C)c1. The molecule has 6 nitrogen and oxygen atoms in total. The predicted octanol–water partition coefficient (Wildman–Crippen LogP) is -0.398. The molecule has 0 bridgehead atoms. The predicted molar refractivity (Wildman–Crippen MR) is 120 cm³/mol. The Morgan fingerprint density at radius 3 is 1.97 bits per heavy atom. The van der Waals surface area contributed by atoms with E-state index in [1.54, 1.807) is 0 Å². The van der Waals surface area contributed by atoms with Gasteiger partial charge in [-0.25, -0.2) is 0 Å². The summed E-state index contributed by atoms with van der Waals surface area (Å²) >= 11 is 0. The highest BCUT2D eigenvalue weighted by molar-refractivity contribution is 5.41. The van der Waals surface area contributed by atoms with Crippen molar-refractivity contribution in [3.05, 3.63) is 29.3 Å². The average molecular weight is 425 g/mol. The Hall–Kier alpha value is -1.18. The Bertz CT molecular complexity index is 637. The molecule has 2 rings (SSSR count). The lowest BCUT2D eigenvalue weighted by atomic mass is 9.85. The van der Waals surface area contributed by atoms with E-state index < -0.39 is 12.2 Å². The van der Waals surface area contributed by atoms with Crippen molar-refractivity contribution in [2.24, 2.45) is 0 Å². The van der Waals surface area contributed by atoms with Crippen LogP contribution in [0.4, 0.5) is 0 Å². The van der Waals surface area contributed by atoms with E-state index >= 15 is 0 Å². The zero-order chi connectivity index (χ0) is 22.3. The van der Waals surface area contributed by atoms with Gasteiger partial charge in [-0.1, -0.05) is 38.5 Å². The fourth-order valence-corrected chi connectivity index (χ4v) is 3.99. The molecule has 0 unspecified atom stereocenters. The minimum Gasteiger partial charge on any atom is -0.490 e. The van der Waals surface area contributed by atoms with Crippen molar-refractivity contribution in [2.75, 3.05) is 52.5 Å². The van der Waals surface area contributed by atoms with Crippen molar-refractivity contribution in [3.63, 3.8) is 0 Å². The molecule has 0 spiro atoms. The third kappa shape index (κ3) is 8.52. The number of hydrogen-bond acceptors (Lipinski definition) is 4. The maximum Gasteiger partial charge on any atom is 0.137 e. The van der Waals surface area contributed by atoms with Gasteiger partial charge in [-0.05, 0) is 37.8 Å². The zero-order valence-corrected chi connectivity index (χ0v) is 19.8. The summed E-state index contributed by atoms with van der Waals surface area (Å²) in [4.78, 5) is 2.82. The molecule has 0 aromatic heterocycles. The summed E-state index contributed by atoms with van der Waals surface area (Å²) in [5.74, 6) is 0.869. The van der Waals surface area contributed by atoms with Crippen molar-refractivity contribution in [1.82, 2.24) is 0 Å². The lowest BCUT2D eigenvalue weighted by molar-refractivity contribution is -1.01. The van der Waals surface area contributed by atoms with Gasteiger partial charge in [-0.2, -0.15) is 0 Å². The average Bonchev–Trinajstić information content (AvgIpc) is 2.66. The molecule has 30 heavy (non-hydrogen) atoms. The fourth-order valence-electron chi connectivity index (χ4n) is 3.99. The van der Waals surface area contributed by atoms with E-state index in [0.717, 1.165) is 38.5 Å². The van der Waals surface area contributed by atoms with E-state index in [4.69, 9.17) is 9.47 Å². The summed E-state index contributed by atoms with van der Waals surface area (Å²) in [6, 6.07) is 6.26.